The Hall–Kier alpha value is -3.74. The molecule has 2 heterocycles. The molecular weight excluding hydrogens is 406 g/mol. The zero-order valence-corrected chi connectivity index (χ0v) is 18.7. The lowest BCUT2D eigenvalue weighted by atomic mass is 9.93. The maximum Gasteiger partial charge on any atom is 0.273 e. The number of rotatable bonds is 7. The summed E-state index contributed by atoms with van der Waals surface area (Å²) >= 11 is 0. The van der Waals surface area contributed by atoms with Crippen LogP contribution >= 0.6 is 0 Å². The summed E-state index contributed by atoms with van der Waals surface area (Å²) in [6, 6.07) is 8.93. The van der Waals surface area contributed by atoms with Crippen LogP contribution in [0.15, 0.2) is 43.0 Å². The minimum atomic E-state index is -0.422. The van der Waals surface area contributed by atoms with Gasteiger partial charge in [0.1, 0.15) is 17.1 Å². The maximum atomic E-state index is 13.3. The van der Waals surface area contributed by atoms with Crippen molar-refractivity contribution >= 4 is 5.91 Å². The van der Waals surface area contributed by atoms with E-state index >= 15 is 0 Å². The number of hydrogen-bond donors (Lipinski definition) is 2. The molecule has 0 saturated heterocycles. The van der Waals surface area contributed by atoms with Gasteiger partial charge in [0.15, 0.2) is 11.5 Å². The topological polar surface area (TPSA) is 87.7 Å². The summed E-state index contributed by atoms with van der Waals surface area (Å²) in [4.78, 5) is 15.0. The lowest BCUT2D eigenvalue weighted by Crippen LogP contribution is -2.29. The molecule has 1 atom stereocenters. The molecule has 2 aromatic carbocycles. The number of methoxy groups -OCH3 is 1. The van der Waals surface area contributed by atoms with E-state index in [2.05, 4.69) is 16.8 Å². The van der Waals surface area contributed by atoms with Crippen LogP contribution in [0.5, 0.6) is 17.2 Å². The Morgan fingerprint density at radius 3 is 2.69 bits per heavy atom. The summed E-state index contributed by atoms with van der Waals surface area (Å²) in [5, 5.41) is 18.1. The van der Waals surface area contributed by atoms with Crippen molar-refractivity contribution in [3.8, 4) is 28.5 Å². The third-order valence-corrected chi connectivity index (χ3v) is 5.69. The third-order valence-electron chi connectivity index (χ3n) is 5.69. The van der Waals surface area contributed by atoms with Gasteiger partial charge in [0.25, 0.3) is 5.91 Å². The molecule has 0 saturated carbocycles. The Balaban J connectivity index is 1.93. The largest absolute Gasteiger partial charge is 0.507 e. The molecule has 7 heteroatoms. The first-order valence-electron chi connectivity index (χ1n) is 10.5. The molecule has 0 spiro atoms. The molecule has 1 aliphatic rings. The number of carbonyl (C=O) groups is 1. The van der Waals surface area contributed by atoms with Gasteiger partial charge in [0, 0.05) is 17.7 Å². The normalized spacial score (nSPS) is 15.1. The highest BCUT2D eigenvalue weighted by Gasteiger charge is 2.42. The van der Waals surface area contributed by atoms with Crippen molar-refractivity contribution in [2.75, 3.05) is 20.3 Å². The van der Waals surface area contributed by atoms with Crippen molar-refractivity contribution in [2.24, 2.45) is 0 Å². The van der Waals surface area contributed by atoms with Gasteiger partial charge in [-0.2, -0.15) is 5.10 Å². The van der Waals surface area contributed by atoms with E-state index in [1.54, 1.807) is 24.2 Å². The van der Waals surface area contributed by atoms with E-state index in [1.807, 2.05) is 45.0 Å². The average Bonchev–Trinajstić information content (AvgIpc) is 3.28. The van der Waals surface area contributed by atoms with Gasteiger partial charge in [0.2, 0.25) is 0 Å². The molecule has 1 unspecified atom stereocenters. The predicted molar refractivity (Wildman–Crippen MR) is 122 cm³/mol. The first-order valence-corrected chi connectivity index (χ1v) is 10.5. The Labute approximate surface area is 187 Å². The van der Waals surface area contributed by atoms with Crippen molar-refractivity contribution in [1.82, 2.24) is 15.1 Å². The molecule has 166 valence electrons. The van der Waals surface area contributed by atoms with Crippen molar-refractivity contribution in [1.29, 1.82) is 0 Å². The van der Waals surface area contributed by atoms with Gasteiger partial charge in [-0.3, -0.25) is 9.89 Å². The number of nitrogens with one attached hydrogen (secondary N) is 1. The van der Waals surface area contributed by atoms with E-state index in [4.69, 9.17) is 9.47 Å². The third kappa shape index (κ3) is 3.39. The molecule has 1 aliphatic heterocycles. The number of H-pyrrole nitrogens is 1. The fourth-order valence-corrected chi connectivity index (χ4v) is 4.44. The van der Waals surface area contributed by atoms with Gasteiger partial charge in [-0.15, -0.1) is 6.58 Å². The second-order valence-corrected chi connectivity index (χ2v) is 7.83. The maximum absolute atomic E-state index is 13.3. The number of hydrogen-bond acceptors (Lipinski definition) is 5. The highest BCUT2D eigenvalue weighted by molar-refractivity contribution is 6.00. The zero-order valence-electron chi connectivity index (χ0n) is 18.7. The Bertz CT molecular complexity index is 1170. The lowest BCUT2D eigenvalue weighted by Gasteiger charge is -2.26. The number of carbonyl (C=O) groups excluding carboxylic acids is 1. The summed E-state index contributed by atoms with van der Waals surface area (Å²) in [5.41, 5.74) is 5.01. The predicted octanol–water partition coefficient (Wildman–Crippen LogP) is 4.54. The monoisotopic (exact) mass is 433 g/mol. The average molecular weight is 434 g/mol. The molecule has 4 rings (SSSR count). The minimum Gasteiger partial charge on any atom is -0.507 e. The van der Waals surface area contributed by atoms with Crippen LogP contribution in [0.3, 0.4) is 0 Å². The number of ether oxygens (including phenoxy) is 2. The fourth-order valence-electron chi connectivity index (χ4n) is 4.44. The van der Waals surface area contributed by atoms with Gasteiger partial charge in [0.05, 0.1) is 19.8 Å². The number of phenols is 1. The van der Waals surface area contributed by atoms with Crippen LogP contribution in [0, 0.1) is 13.8 Å². The molecule has 3 aromatic rings. The minimum absolute atomic E-state index is 0.134. The standard InChI is InChI=1S/C25H27N3O4/c1-6-10-28-24(16-8-9-18(32-7-2)19(13-16)31-5)21-22(26-27-23(21)25(28)30)20-15(4)11-14(3)12-17(20)29/h6,8-9,11-13,24,29H,1,7,10H2,2-5H3,(H,26,27). The first kappa shape index (κ1) is 21.5. The Kier molecular flexibility index (Phi) is 5.65. The number of benzene rings is 2. The molecular formula is C25H27N3O4. The number of aromatic amines is 1. The molecule has 0 bridgehead atoms. The molecule has 7 nitrogen and oxygen atoms in total. The summed E-state index contributed by atoms with van der Waals surface area (Å²) in [6.07, 6.45) is 1.70. The summed E-state index contributed by atoms with van der Waals surface area (Å²) < 4.78 is 11.2. The van der Waals surface area contributed by atoms with E-state index in [0.717, 1.165) is 22.3 Å². The number of amides is 1. The van der Waals surface area contributed by atoms with Crippen LogP contribution in [0.4, 0.5) is 0 Å². The molecule has 0 aliphatic carbocycles. The number of aromatic nitrogens is 2. The van der Waals surface area contributed by atoms with E-state index in [0.29, 0.717) is 41.6 Å². The zero-order chi connectivity index (χ0) is 23.0. The van der Waals surface area contributed by atoms with Gasteiger partial charge in [-0.25, -0.2) is 0 Å². The van der Waals surface area contributed by atoms with Crippen LogP contribution in [-0.2, 0) is 0 Å². The van der Waals surface area contributed by atoms with Crippen molar-refractivity contribution in [3.05, 3.63) is 70.9 Å². The fraction of sp³-hybridized carbons (Fsp3) is 0.280. The Morgan fingerprint density at radius 2 is 2.03 bits per heavy atom. The van der Waals surface area contributed by atoms with Crippen molar-refractivity contribution in [3.63, 3.8) is 0 Å². The lowest BCUT2D eigenvalue weighted by molar-refractivity contribution is 0.0764. The van der Waals surface area contributed by atoms with E-state index < -0.39 is 6.04 Å². The summed E-state index contributed by atoms with van der Waals surface area (Å²) in [5.74, 6) is 1.19. The number of aryl methyl sites for hydroxylation is 2. The number of phenolic OH excluding ortho intramolecular Hbond substituents is 1. The molecule has 0 fully saturated rings. The first-order chi connectivity index (χ1) is 15.4. The van der Waals surface area contributed by atoms with E-state index in [9.17, 15) is 9.90 Å². The highest BCUT2D eigenvalue weighted by atomic mass is 16.5. The highest BCUT2D eigenvalue weighted by Crippen LogP contribution is 2.46. The summed E-state index contributed by atoms with van der Waals surface area (Å²) in [6.45, 7) is 10.5. The van der Waals surface area contributed by atoms with Crippen LogP contribution < -0.4 is 9.47 Å². The SMILES string of the molecule is C=CCN1C(=O)c2[nH]nc(-c3c(C)cc(C)cc3O)c2C1c1ccc(OCC)c(OC)c1. The van der Waals surface area contributed by atoms with Gasteiger partial charge in [-0.05, 0) is 55.7 Å². The molecule has 32 heavy (non-hydrogen) atoms. The quantitative estimate of drug-likeness (QED) is 0.534. The molecule has 0 radical (unpaired) electrons. The molecule has 1 amide bonds. The van der Waals surface area contributed by atoms with Gasteiger partial charge < -0.3 is 19.5 Å². The van der Waals surface area contributed by atoms with Crippen LogP contribution in [0.25, 0.3) is 11.3 Å². The van der Waals surface area contributed by atoms with Crippen LogP contribution in [0.1, 0.15) is 45.7 Å². The number of aromatic hydroxyl groups is 1. The van der Waals surface area contributed by atoms with E-state index in [-0.39, 0.29) is 11.7 Å². The molecule has 2 N–H and O–H groups in total. The second-order valence-electron chi connectivity index (χ2n) is 7.83. The van der Waals surface area contributed by atoms with Crippen molar-refractivity contribution < 1.29 is 19.4 Å². The van der Waals surface area contributed by atoms with Gasteiger partial charge in [-0.1, -0.05) is 18.2 Å². The Morgan fingerprint density at radius 1 is 1.25 bits per heavy atom. The van der Waals surface area contributed by atoms with Crippen molar-refractivity contribution in [2.45, 2.75) is 26.8 Å². The second kappa shape index (κ2) is 8.42. The van der Waals surface area contributed by atoms with Gasteiger partial charge >= 0.3 is 0 Å². The van der Waals surface area contributed by atoms with Crippen LogP contribution in [-0.4, -0.2) is 46.4 Å². The molecule has 1 aromatic heterocycles. The number of fused-ring (bicyclic) bond motifs is 1. The summed E-state index contributed by atoms with van der Waals surface area (Å²) in [7, 11) is 1.59. The van der Waals surface area contributed by atoms with E-state index in [1.165, 1.54) is 0 Å². The van der Waals surface area contributed by atoms with Crippen LogP contribution in [0.2, 0.25) is 0 Å². The smallest absolute Gasteiger partial charge is 0.273 e. The number of nitrogens with zero attached hydrogens (tertiary/aromatic N) is 2.